The lowest BCUT2D eigenvalue weighted by Crippen LogP contribution is -2.24. The number of rotatable bonds is 6. The van der Waals surface area contributed by atoms with E-state index < -0.39 is 10.9 Å². The fraction of sp³-hybridized carbons (Fsp3) is 0.0370. The second-order valence-electron chi connectivity index (χ2n) is 8.05. The van der Waals surface area contributed by atoms with Crippen LogP contribution >= 0.6 is 23.2 Å². The third kappa shape index (κ3) is 4.60. The number of nitro groups is 1. The number of benzene rings is 3. The molecule has 2 heterocycles. The highest BCUT2D eigenvalue weighted by molar-refractivity contribution is 6.37. The maximum atomic E-state index is 13.1. The Labute approximate surface area is 224 Å². The summed E-state index contributed by atoms with van der Waals surface area (Å²) < 4.78 is 17.7. The van der Waals surface area contributed by atoms with Gasteiger partial charge in [0, 0.05) is 34.0 Å². The number of furan rings is 1. The van der Waals surface area contributed by atoms with E-state index in [1.807, 2.05) is 0 Å². The molecule has 0 spiro atoms. The Morgan fingerprint density at radius 1 is 1.05 bits per heavy atom. The summed E-state index contributed by atoms with van der Waals surface area (Å²) in [6.45, 7) is 0. The van der Waals surface area contributed by atoms with Crippen LogP contribution in [0.1, 0.15) is 21.5 Å². The topological polar surface area (TPSA) is 119 Å². The van der Waals surface area contributed by atoms with Gasteiger partial charge in [-0.15, -0.1) is 0 Å². The maximum Gasteiger partial charge on any atom is 0.343 e. The lowest BCUT2D eigenvalue weighted by Gasteiger charge is -2.13. The molecular formula is C27H16Cl2N2O7. The number of ether oxygens (including phenoxy) is 2. The highest BCUT2D eigenvalue weighted by Crippen LogP contribution is 2.42. The average molecular weight is 551 g/mol. The Bertz CT molecular complexity index is 1740. The minimum atomic E-state index is -0.679. The van der Waals surface area contributed by atoms with Crippen LogP contribution in [0.2, 0.25) is 10.0 Å². The van der Waals surface area contributed by atoms with E-state index in [4.69, 9.17) is 37.1 Å². The molecule has 3 aromatic carbocycles. The molecular weight excluding hydrogens is 535 g/mol. The summed E-state index contributed by atoms with van der Waals surface area (Å²) in [7, 11) is 1.46. The molecule has 11 heteroatoms. The molecule has 190 valence electrons. The minimum absolute atomic E-state index is 0.00756. The van der Waals surface area contributed by atoms with Gasteiger partial charge in [-0.1, -0.05) is 41.4 Å². The van der Waals surface area contributed by atoms with Crippen LogP contribution in [0.15, 0.2) is 77.5 Å². The Kier molecular flexibility index (Phi) is 6.62. The number of esters is 1. The molecule has 0 fully saturated rings. The quantitative estimate of drug-likeness (QED) is 0.0569. The van der Waals surface area contributed by atoms with E-state index in [-0.39, 0.29) is 38.2 Å². The zero-order valence-corrected chi connectivity index (χ0v) is 21.0. The van der Waals surface area contributed by atoms with Gasteiger partial charge in [0.05, 0.1) is 17.6 Å². The van der Waals surface area contributed by atoms with Gasteiger partial charge < -0.3 is 19.1 Å². The molecule has 2 aromatic heterocycles. The predicted molar refractivity (Wildman–Crippen MR) is 142 cm³/mol. The van der Waals surface area contributed by atoms with Gasteiger partial charge in [-0.2, -0.15) is 4.73 Å². The Morgan fingerprint density at radius 2 is 1.76 bits per heavy atom. The molecule has 0 amide bonds. The summed E-state index contributed by atoms with van der Waals surface area (Å²) in [6, 6.07) is 15.7. The van der Waals surface area contributed by atoms with Crippen molar-refractivity contribution >= 4 is 68.6 Å². The molecule has 0 saturated carbocycles. The first kappa shape index (κ1) is 25.1. The molecule has 5 rings (SSSR count). The van der Waals surface area contributed by atoms with E-state index in [2.05, 4.69) is 0 Å². The highest BCUT2D eigenvalue weighted by atomic mass is 35.5. The lowest BCUT2D eigenvalue weighted by atomic mass is 10.0. The van der Waals surface area contributed by atoms with Crippen LogP contribution in [0.25, 0.3) is 33.8 Å². The van der Waals surface area contributed by atoms with E-state index in [9.17, 15) is 20.1 Å². The molecule has 9 nitrogen and oxygen atoms in total. The first-order valence-corrected chi connectivity index (χ1v) is 11.8. The molecule has 38 heavy (non-hydrogen) atoms. The van der Waals surface area contributed by atoms with Gasteiger partial charge in [0.15, 0.2) is 23.7 Å². The molecule has 0 unspecified atom stereocenters. The van der Waals surface area contributed by atoms with Crippen molar-refractivity contribution in [1.82, 2.24) is 0 Å². The van der Waals surface area contributed by atoms with Crippen molar-refractivity contribution in [3.63, 3.8) is 0 Å². The summed E-state index contributed by atoms with van der Waals surface area (Å²) >= 11 is 12.6. The molecule has 0 aliphatic carbocycles. The molecule has 0 aliphatic rings. The van der Waals surface area contributed by atoms with Crippen LogP contribution in [0.4, 0.5) is 5.69 Å². The van der Waals surface area contributed by atoms with E-state index in [1.54, 1.807) is 42.5 Å². The van der Waals surface area contributed by atoms with Gasteiger partial charge in [0.2, 0.25) is 0 Å². The SMILES string of the molecule is COc1ccc(/C(=C\c2c(Cl)c[n+]([O-])cc2Cl)OC(=O)c2ccccc2)c2c1oc1ccc([N+](=O)[O-])cc12. The normalized spacial score (nSPS) is 11.6. The van der Waals surface area contributed by atoms with Gasteiger partial charge in [0.1, 0.15) is 21.4 Å². The third-order valence-corrected chi connectivity index (χ3v) is 6.35. The number of non-ortho nitro benzene ring substituents is 1. The smallest absolute Gasteiger partial charge is 0.343 e. The number of carbonyl (C=O) groups is 1. The first-order valence-electron chi connectivity index (χ1n) is 11.0. The molecule has 0 atom stereocenters. The second-order valence-corrected chi connectivity index (χ2v) is 8.87. The zero-order chi connectivity index (χ0) is 27.0. The van der Waals surface area contributed by atoms with Crippen molar-refractivity contribution in [3.8, 4) is 5.75 Å². The molecule has 0 bridgehead atoms. The fourth-order valence-corrected chi connectivity index (χ4v) is 4.56. The van der Waals surface area contributed by atoms with Crippen LogP contribution < -0.4 is 9.47 Å². The van der Waals surface area contributed by atoms with Crippen molar-refractivity contribution in [1.29, 1.82) is 0 Å². The van der Waals surface area contributed by atoms with Crippen molar-refractivity contribution < 1.29 is 28.3 Å². The number of fused-ring (bicyclic) bond motifs is 3. The van der Waals surface area contributed by atoms with Crippen LogP contribution in [0, 0.1) is 15.3 Å². The number of aromatic nitrogens is 1. The van der Waals surface area contributed by atoms with Crippen LogP contribution in [0.3, 0.4) is 0 Å². The van der Waals surface area contributed by atoms with Gasteiger partial charge in [-0.3, -0.25) is 10.1 Å². The number of methoxy groups -OCH3 is 1. The number of carbonyl (C=O) groups excluding carboxylic acids is 1. The van der Waals surface area contributed by atoms with Gasteiger partial charge in [-0.25, -0.2) is 4.79 Å². The second kappa shape index (κ2) is 10.0. The van der Waals surface area contributed by atoms with E-state index in [1.165, 1.54) is 31.4 Å². The van der Waals surface area contributed by atoms with Gasteiger partial charge >= 0.3 is 5.97 Å². The average Bonchev–Trinajstić information content (AvgIpc) is 3.29. The summed E-state index contributed by atoms with van der Waals surface area (Å²) in [4.78, 5) is 24.1. The predicted octanol–water partition coefficient (Wildman–Crippen LogP) is 6.80. The van der Waals surface area contributed by atoms with E-state index in [0.29, 0.717) is 32.4 Å². The van der Waals surface area contributed by atoms with Crippen LogP contribution in [-0.2, 0) is 4.74 Å². The number of pyridine rings is 1. The Morgan fingerprint density at radius 3 is 2.42 bits per heavy atom. The summed E-state index contributed by atoms with van der Waals surface area (Å²) in [5.74, 6) is -0.311. The van der Waals surface area contributed by atoms with Crippen molar-refractivity contribution in [2.45, 2.75) is 0 Å². The fourth-order valence-electron chi connectivity index (χ4n) is 4.00. The number of hydrogen-bond acceptors (Lipinski definition) is 7. The van der Waals surface area contributed by atoms with Crippen LogP contribution in [-0.4, -0.2) is 18.0 Å². The molecule has 0 saturated heterocycles. The van der Waals surface area contributed by atoms with E-state index in [0.717, 1.165) is 12.4 Å². The lowest BCUT2D eigenvalue weighted by molar-refractivity contribution is -0.605. The molecule has 5 aromatic rings. The summed E-state index contributed by atoms with van der Waals surface area (Å²) in [5.41, 5.74) is 1.32. The number of hydrogen-bond donors (Lipinski definition) is 0. The van der Waals surface area contributed by atoms with Gasteiger partial charge in [-0.05, 0) is 36.4 Å². The molecule has 0 N–H and O–H groups in total. The van der Waals surface area contributed by atoms with Gasteiger partial charge in [0.25, 0.3) is 5.69 Å². The maximum absolute atomic E-state index is 13.1. The Balaban J connectivity index is 1.81. The minimum Gasteiger partial charge on any atom is -0.619 e. The number of nitrogens with zero attached hydrogens (tertiary/aromatic N) is 2. The third-order valence-electron chi connectivity index (χ3n) is 5.75. The summed E-state index contributed by atoms with van der Waals surface area (Å²) in [6.07, 6.45) is 3.63. The largest absolute Gasteiger partial charge is 0.619 e. The summed E-state index contributed by atoms with van der Waals surface area (Å²) in [5, 5.41) is 24.1. The number of halogens is 2. The van der Waals surface area contributed by atoms with Crippen LogP contribution in [0.5, 0.6) is 5.75 Å². The van der Waals surface area contributed by atoms with Crippen molar-refractivity contribution in [2.24, 2.45) is 0 Å². The standard InChI is InChI=1S/C27H16Cl2N2O7/c1-36-23-10-8-17(25-19-11-16(31(34)35)7-9-22(19)37-26(23)25)24(38-27(32)15-5-3-2-4-6-15)12-18-20(28)13-30(33)14-21(18)29/h2-14H,1H3/b24-12+. The molecule has 0 aliphatic heterocycles. The van der Waals surface area contributed by atoms with Crippen molar-refractivity contribution in [3.05, 3.63) is 115 Å². The Hall–Kier alpha value is -4.60. The highest BCUT2D eigenvalue weighted by Gasteiger charge is 2.23. The zero-order valence-electron chi connectivity index (χ0n) is 19.5. The number of nitro benzene ring substituents is 1. The first-order chi connectivity index (χ1) is 18.3. The van der Waals surface area contributed by atoms with Crippen molar-refractivity contribution in [2.75, 3.05) is 7.11 Å². The molecule has 0 radical (unpaired) electrons. The van der Waals surface area contributed by atoms with E-state index >= 15 is 0 Å². The monoisotopic (exact) mass is 550 g/mol.